The molecule has 0 atom stereocenters. The van der Waals surface area contributed by atoms with Crippen molar-refractivity contribution < 1.29 is 19.1 Å². The number of carbonyl (C=O) groups excluding carboxylic acids is 2. The molecule has 1 aromatic carbocycles. The lowest BCUT2D eigenvalue weighted by Crippen LogP contribution is -2.34. The minimum absolute atomic E-state index is 0.184. The Bertz CT molecular complexity index is 1030. The molecule has 2 rings (SSSR count). The van der Waals surface area contributed by atoms with Crippen LogP contribution in [0.15, 0.2) is 28.1 Å². The number of hydrogen-bond acceptors (Lipinski definition) is 6. The molecule has 1 heterocycles. The van der Waals surface area contributed by atoms with Crippen molar-refractivity contribution in [2.45, 2.75) is 72.6 Å². The largest absolute Gasteiger partial charge is 0.443 e. The molecular formula is C21H30N4O5. The molecule has 0 unspecified atom stereocenters. The lowest BCUT2D eigenvalue weighted by atomic mass is 10.2. The predicted molar refractivity (Wildman–Crippen MR) is 115 cm³/mol. The smallest absolute Gasteiger partial charge is 0.428 e. The third-order valence-electron chi connectivity index (χ3n) is 3.76. The molecule has 0 aliphatic carbocycles. The first-order valence-electron chi connectivity index (χ1n) is 9.72. The van der Waals surface area contributed by atoms with E-state index in [9.17, 15) is 14.4 Å². The molecule has 1 amide bonds. The van der Waals surface area contributed by atoms with Gasteiger partial charge in [-0.15, -0.1) is 0 Å². The van der Waals surface area contributed by atoms with Gasteiger partial charge in [-0.2, -0.15) is 9.67 Å². The molecule has 0 bridgehead atoms. The van der Waals surface area contributed by atoms with E-state index in [-0.39, 0.29) is 6.04 Å². The van der Waals surface area contributed by atoms with Crippen molar-refractivity contribution in [1.82, 2.24) is 14.6 Å². The highest BCUT2D eigenvalue weighted by Gasteiger charge is 2.25. The number of amides is 1. The number of rotatable bonds is 3. The third-order valence-corrected chi connectivity index (χ3v) is 3.76. The first kappa shape index (κ1) is 23.2. The van der Waals surface area contributed by atoms with Crippen LogP contribution in [0.3, 0.4) is 0 Å². The fraction of sp³-hybridized carbons (Fsp3) is 0.524. The monoisotopic (exact) mass is 418 g/mol. The van der Waals surface area contributed by atoms with Crippen molar-refractivity contribution in [3.8, 4) is 0 Å². The SMILES string of the molecule is CC(C)n1c(=O)n(C(=O)OC(C)(C)C)c2ccc(/C=N/NC(=O)OC(C)(C)C)cc21. The van der Waals surface area contributed by atoms with Crippen LogP contribution in [0.2, 0.25) is 0 Å². The van der Waals surface area contributed by atoms with Crippen LogP contribution in [-0.4, -0.2) is 38.7 Å². The summed E-state index contributed by atoms with van der Waals surface area (Å²) in [6, 6.07) is 4.87. The van der Waals surface area contributed by atoms with Crippen molar-refractivity contribution >= 4 is 29.4 Å². The summed E-state index contributed by atoms with van der Waals surface area (Å²) in [5, 5.41) is 3.88. The molecule has 0 aliphatic rings. The second-order valence-corrected chi connectivity index (χ2v) is 9.18. The van der Waals surface area contributed by atoms with Crippen LogP contribution < -0.4 is 11.1 Å². The van der Waals surface area contributed by atoms with Gasteiger partial charge in [0.25, 0.3) is 0 Å². The predicted octanol–water partition coefficient (Wildman–Crippen LogP) is 4.03. The Hall–Kier alpha value is -3.10. The van der Waals surface area contributed by atoms with Gasteiger partial charge >= 0.3 is 17.9 Å². The molecule has 9 nitrogen and oxygen atoms in total. The maximum Gasteiger partial charge on any atom is 0.428 e. The van der Waals surface area contributed by atoms with Gasteiger partial charge < -0.3 is 9.47 Å². The van der Waals surface area contributed by atoms with Crippen molar-refractivity contribution in [3.63, 3.8) is 0 Å². The zero-order valence-electron chi connectivity index (χ0n) is 18.8. The maximum absolute atomic E-state index is 12.9. The summed E-state index contributed by atoms with van der Waals surface area (Å²) in [6.07, 6.45) is 0.0310. The molecule has 0 fully saturated rings. The highest BCUT2D eigenvalue weighted by atomic mass is 16.6. The highest BCUT2D eigenvalue weighted by Crippen LogP contribution is 2.20. The topological polar surface area (TPSA) is 104 Å². The van der Waals surface area contributed by atoms with Crippen LogP contribution in [0, 0.1) is 0 Å². The molecule has 0 radical (unpaired) electrons. The van der Waals surface area contributed by atoms with Crippen LogP contribution in [0.1, 0.15) is 67.0 Å². The Balaban J connectivity index is 2.41. The van der Waals surface area contributed by atoms with Crippen molar-refractivity contribution in [1.29, 1.82) is 0 Å². The molecule has 0 spiro atoms. The van der Waals surface area contributed by atoms with E-state index in [1.165, 1.54) is 10.8 Å². The van der Waals surface area contributed by atoms with Gasteiger partial charge in [-0.3, -0.25) is 4.57 Å². The zero-order valence-corrected chi connectivity index (χ0v) is 18.8. The molecule has 0 saturated heterocycles. The number of ether oxygens (including phenoxy) is 2. The molecule has 9 heteroatoms. The molecule has 30 heavy (non-hydrogen) atoms. The number of carbonyl (C=O) groups is 2. The van der Waals surface area contributed by atoms with E-state index in [1.54, 1.807) is 59.7 Å². The van der Waals surface area contributed by atoms with Gasteiger partial charge in [0, 0.05) is 6.04 Å². The molecule has 164 valence electrons. The Morgan fingerprint density at radius 2 is 1.63 bits per heavy atom. The van der Waals surface area contributed by atoms with Crippen LogP contribution in [-0.2, 0) is 9.47 Å². The molecule has 2 aromatic rings. The van der Waals surface area contributed by atoms with Crippen molar-refractivity contribution in [2.24, 2.45) is 5.10 Å². The van der Waals surface area contributed by atoms with Gasteiger partial charge in [0.15, 0.2) is 0 Å². The molecular weight excluding hydrogens is 388 g/mol. The van der Waals surface area contributed by atoms with E-state index >= 15 is 0 Å². The minimum atomic E-state index is -0.733. The summed E-state index contributed by atoms with van der Waals surface area (Å²) in [6.45, 7) is 14.2. The lowest BCUT2D eigenvalue weighted by Gasteiger charge is -2.19. The summed E-state index contributed by atoms with van der Waals surface area (Å²) in [5.74, 6) is 0. The van der Waals surface area contributed by atoms with Crippen LogP contribution in [0.25, 0.3) is 11.0 Å². The number of fused-ring (bicyclic) bond motifs is 1. The van der Waals surface area contributed by atoms with E-state index in [2.05, 4.69) is 10.5 Å². The number of hydrogen-bond donors (Lipinski definition) is 1. The average molecular weight is 418 g/mol. The Morgan fingerprint density at radius 3 is 2.17 bits per heavy atom. The fourth-order valence-corrected chi connectivity index (χ4v) is 2.76. The van der Waals surface area contributed by atoms with Crippen molar-refractivity contribution in [2.75, 3.05) is 0 Å². The molecule has 0 aliphatic heterocycles. The Kier molecular flexibility index (Phi) is 6.44. The highest BCUT2D eigenvalue weighted by molar-refractivity contribution is 5.92. The van der Waals surface area contributed by atoms with Crippen LogP contribution in [0.5, 0.6) is 0 Å². The summed E-state index contributed by atoms with van der Waals surface area (Å²) in [5.41, 5.74) is 2.08. The molecule has 0 saturated carbocycles. The number of nitrogens with zero attached hydrogens (tertiary/aromatic N) is 3. The standard InChI is InChI=1S/C21H30N4O5/c1-13(2)24-16-11-14(12-22-23-17(26)29-20(3,4)5)9-10-15(16)25(18(24)27)19(28)30-21(6,7)8/h9-13H,1-8H3,(H,23,26)/b22-12+. The van der Waals surface area contributed by atoms with Gasteiger partial charge in [-0.05, 0) is 73.1 Å². The van der Waals surface area contributed by atoms with E-state index in [0.29, 0.717) is 16.6 Å². The fourth-order valence-electron chi connectivity index (χ4n) is 2.76. The van der Waals surface area contributed by atoms with Gasteiger partial charge in [-0.25, -0.2) is 19.8 Å². The first-order chi connectivity index (χ1) is 13.7. The molecule has 1 N–H and O–H groups in total. The first-order valence-corrected chi connectivity index (χ1v) is 9.72. The van der Waals surface area contributed by atoms with E-state index in [0.717, 1.165) is 4.57 Å². The van der Waals surface area contributed by atoms with Crippen molar-refractivity contribution in [3.05, 3.63) is 34.2 Å². The summed E-state index contributed by atoms with van der Waals surface area (Å²) in [7, 11) is 0. The normalized spacial score (nSPS) is 12.6. The third kappa shape index (κ3) is 5.71. The van der Waals surface area contributed by atoms with Gasteiger partial charge in [0.05, 0.1) is 17.2 Å². The number of benzene rings is 1. The van der Waals surface area contributed by atoms with Gasteiger partial charge in [-0.1, -0.05) is 6.07 Å². The number of imidazole rings is 1. The van der Waals surface area contributed by atoms with Gasteiger partial charge in [0.1, 0.15) is 11.2 Å². The zero-order chi connectivity index (χ0) is 22.9. The summed E-state index contributed by atoms with van der Waals surface area (Å²) < 4.78 is 13.0. The van der Waals surface area contributed by atoms with Crippen LogP contribution in [0.4, 0.5) is 9.59 Å². The number of nitrogens with one attached hydrogen (secondary N) is 1. The Morgan fingerprint density at radius 1 is 1.03 bits per heavy atom. The summed E-state index contributed by atoms with van der Waals surface area (Å²) in [4.78, 5) is 37.2. The van der Waals surface area contributed by atoms with E-state index in [4.69, 9.17) is 9.47 Å². The second-order valence-electron chi connectivity index (χ2n) is 9.18. The van der Waals surface area contributed by atoms with E-state index in [1.807, 2.05) is 13.8 Å². The second kappa shape index (κ2) is 8.33. The molecule has 1 aromatic heterocycles. The average Bonchev–Trinajstić information content (AvgIpc) is 2.82. The van der Waals surface area contributed by atoms with Gasteiger partial charge in [0.2, 0.25) is 0 Å². The van der Waals surface area contributed by atoms with E-state index < -0.39 is 29.1 Å². The minimum Gasteiger partial charge on any atom is -0.443 e. The summed E-state index contributed by atoms with van der Waals surface area (Å²) >= 11 is 0. The number of hydrazone groups is 1. The Labute approximate surface area is 175 Å². The number of aromatic nitrogens is 2. The van der Waals surface area contributed by atoms with Crippen LogP contribution >= 0.6 is 0 Å². The lowest BCUT2D eigenvalue weighted by molar-refractivity contribution is 0.0521. The maximum atomic E-state index is 12.9. The quantitative estimate of drug-likeness (QED) is 0.599.